The summed E-state index contributed by atoms with van der Waals surface area (Å²) in [6.07, 6.45) is 0. The molecule has 0 aliphatic carbocycles. The van der Waals surface area contributed by atoms with Crippen LogP contribution in [0.1, 0.15) is 16.7 Å². The van der Waals surface area contributed by atoms with Gasteiger partial charge in [-0.2, -0.15) is 15.8 Å². The molecule has 0 bridgehead atoms. The quantitative estimate of drug-likeness (QED) is 0.123. The lowest BCUT2D eigenvalue weighted by molar-refractivity contribution is 1.29. The second-order valence-corrected chi connectivity index (χ2v) is 19.1. The van der Waals surface area contributed by atoms with Crippen molar-refractivity contribution in [1.29, 1.82) is 15.8 Å². The molecule has 5 nitrogen and oxygen atoms in total. The zero-order chi connectivity index (χ0) is 36.0. The summed E-state index contributed by atoms with van der Waals surface area (Å²) in [7, 11) is -1.81. The molecule has 6 heteroatoms. The van der Waals surface area contributed by atoms with E-state index in [1.54, 1.807) is 12.1 Å². The van der Waals surface area contributed by atoms with Gasteiger partial charge < -0.3 is 9.80 Å². The van der Waals surface area contributed by atoms with Gasteiger partial charge >= 0.3 is 0 Å². The zero-order valence-electron chi connectivity index (χ0n) is 29.1. The van der Waals surface area contributed by atoms with Crippen molar-refractivity contribution in [2.24, 2.45) is 0 Å². The van der Waals surface area contributed by atoms with Gasteiger partial charge in [-0.05, 0) is 99.5 Å². The molecule has 0 atom stereocenters. The Morgan fingerprint density at radius 2 is 0.846 bits per heavy atom. The van der Waals surface area contributed by atoms with E-state index in [2.05, 4.69) is 127 Å². The third kappa shape index (κ3) is 5.47. The Morgan fingerprint density at radius 3 is 1.31 bits per heavy atom. The first-order valence-electron chi connectivity index (χ1n) is 17.2. The van der Waals surface area contributed by atoms with E-state index in [0.29, 0.717) is 16.7 Å². The van der Waals surface area contributed by atoms with Gasteiger partial charge in [0, 0.05) is 33.5 Å². The number of anilines is 6. The van der Waals surface area contributed by atoms with Crippen LogP contribution in [-0.2, 0) is 0 Å². The van der Waals surface area contributed by atoms with Crippen LogP contribution in [0.3, 0.4) is 0 Å². The van der Waals surface area contributed by atoms with Crippen LogP contribution in [0.2, 0.25) is 19.6 Å². The Kier molecular flexibility index (Phi) is 7.93. The number of benzene rings is 8. The average molecular weight is 684 g/mol. The summed E-state index contributed by atoms with van der Waals surface area (Å²) in [6.45, 7) is 7.10. The number of nitriles is 3. The number of rotatable bonds is 7. The summed E-state index contributed by atoms with van der Waals surface area (Å²) < 4.78 is 0. The van der Waals surface area contributed by atoms with Crippen molar-refractivity contribution in [3.05, 3.63) is 162 Å². The van der Waals surface area contributed by atoms with E-state index in [4.69, 9.17) is 0 Å². The van der Waals surface area contributed by atoms with Gasteiger partial charge in [-0.3, -0.25) is 0 Å². The Hall–Kier alpha value is -6.91. The van der Waals surface area contributed by atoms with Crippen molar-refractivity contribution in [1.82, 2.24) is 0 Å². The predicted molar refractivity (Wildman–Crippen MR) is 217 cm³/mol. The van der Waals surface area contributed by atoms with E-state index >= 15 is 0 Å². The lowest BCUT2D eigenvalue weighted by atomic mass is 9.91. The van der Waals surface area contributed by atoms with Crippen LogP contribution >= 0.6 is 0 Å². The van der Waals surface area contributed by atoms with Crippen LogP contribution in [0.5, 0.6) is 0 Å². The molecule has 0 heterocycles. The Balaban J connectivity index is 1.43. The van der Waals surface area contributed by atoms with Gasteiger partial charge in [0.2, 0.25) is 0 Å². The molecule has 0 saturated heterocycles. The van der Waals surface area contributed by atoms with Crippen molar-refractivity contribution >= 4 is 79.7 Å². The number of hydrogen-bond acceptors (Lipinski definition) is 5. The summed E-state index contributed by atoms with van der Waals surface area (Å²) in [4.78, 5) is 4.46. The molecule has 0 unspecified atom stereocenters. The van der Waals surface area contributed by atoms with Crippen LogP contribution in [0, 0.1) is 34.0 Å². The Labute approximate surface area is 304 Å². The van der Waals surface area contributed by atoms with E-state index in [1.165, 1.54) is 5.19 Å². The van der Waals surface area contributed by atoms with Gasteiger partial charge in [-0.1, -0.05) is 92.4 Å². The highest BCUT2D eigenvalue weighted by Gasteiger charge is 2.27. The molecule has 0 aliphatic heterocycles. The summed E-state index contributed by atoms with van der Waals surface area (Å²) in [5.74, 6) is 0. The molecular formula is C46H33N5Si. The molecule has 0 aliphatic rings. The highest BCUT2D eigenvalue weighted by Crippen LogP contribution is 2.47. The molecule has 8 aromatic carbocycles. The van der Waals surface area contributed by atoms with E-state index in [9.17, 15) is 15.8 Å². The molecule has 246 valence electrons. The molecule has 0 N–H and O–H groups in total. The van der Waals surface area contributed by atoms with Gasteiger partial charge in [0.15, 0.2) is 0 Å². The molecule has 8 aromatic rings. The average Bonchev–Trinajstić information content (AvgIpc) is 3.18. The molecule has 0 radical (unpaired) electrons. The van der Waals surface area contributed by atoms with Crippen LogP contribution in [0.4, 0.5) is 34.1 Å². The van der Waals surface area contributed by atoms with Crippen molar-refractivity contribution < 1.29 is 0 Å². The van der Waals surface area contributed by atoms with Crippen LogP contribution in [0.25, 0.3) is 32.3 Å². The minimum Gasteiger partial charge on any atom is -0.310 e. The molecule has 0 saturated carbocycles. The van der Waals surface area contributed by atoms with E-state index in [0.717, 1.165) is 66.4 Å². The standard InChI is InChI=1S/C46H33N5Si/c1-52(2,3)44-16-5-4-15-43(44)51(38-14-8-11-33(27-38)30-49)42-24-20-35-17-21-39-41(23-19-34-18-22-40(42)46(35)45(34)39)50(36-12-6-9-31(25-36)28-47)37-13-7-10-32(26-37)29-48/h4-27H,1-3H3. The fourth-order valence-corrected chi connectivity index (χ4v) is 9.00. The summed E-state index contributed by atoms with van der Waals surface area (Å²) in [5.41, 5.74) is 7.41. The maximum atomic E-state index is 9.92. The molecule has 52 heavy (non-hydrogen) atoms. The monoisotopic (exact) mass is 683 g/mol. The first kappa shape index (κ1) is 32.3. The van der Waals surface area contributed by atoms with Crippen LogP contribution < -0.4 is 15.0 Å². The first-order valence-corrected chi connectivity index (χ1v) is 20.7. The maximum Gasteiger partial charge on any atom is 0.0992 e. The molecule has 0 spiro atoms. The normalized spacial score (nSPS) is 11.3. The smallest absolute Gasteiger partial charge is 0.0992 e. The fraction of sp³-hybridized carbons (Fsp3) is 0.0652. The Bertz CT molecular complexity index is 2740. The lowest BCUT2D eigenvalue weighted by Gasteiger charge is -2.32. The second kappa shape index (κ2) is 12.8. The minimum atomic E-state index is -1.81. The zero-order valence-corrected chi connectivity index (χ0v) is 30.1. The van der Waals surface area contributed by atoms with E-state index in [-0.39, 0.29) is 0 Å². The lowest BCUT2D eigenvalue weighted by Crippen LogP contribution is -2.40. The summed E-state index contributed by atoms with van der Waals surface area (Å²) in [5, 5.41) is 37.6. The molecule has 0 amide bonds. The van der Waals surface area contributed by atoms with Gasteiger partial charge in [0.05, 0.1) is 54.3 Å². The van der Waals surface area contributed by atoms with Gasteiger partial charge in [0.25, 0.3) is 0 Å². The van der Waals surface area contributed by atoms with Gasteiger partial charge in [-0.15, -0.1) is 0 Å². The topological polar surface area (TPSA) is 77.8 Å². The van der Waals surface area contributed by atoms with Gasteiger partial charge in [-0.25, -0.2) is 0 Å². The summed E-state index contributed by atoms with van der Waals surface area (Å²) in [6, 6.07) is 56.1. The summed E-state index contributed by atoms with van der Waals surface area (Å²) >= 11 is 0. The third-order valence-electron chi connectivity index (χ3n) is 9.75. The molecular weight excluding hydrogens is 651 g/mol. The highest BCUT2D eigenvalue weighted by atomic mass is 28.3. The van der Waals surface area contributed by atoms with Crippen molar-refractivity contribution in [3.63, 3.8) is 0 Å². The van der Waals surface area contributed by atoms with Crippen LogP contribution in [0.15, 0.2) is 146 Å². The third-order valence-corrected chi connectivity index (χ3v) is 11.8. The second-order valence-electron chi connectivity index (χ2n) is 14.0. The van der Waals surface area contributed by atoms with Crippen molar-refractivity contribution in [2.75, 3.05) is 9.80 Å². The van der Waals surface area contributed by atoms with Gasteiger partial charge in [0.1, 0.15) is 0 Å². The number of nitrogens with zero attached hydrogens (tertiary/aromatic N) is 5. The molecule has 0 aromatic heterocycles. The highest BCUT2D eigenvalue weighted by molar-refractivity contribution is 6.89. The van der Waals surface area contributed by atoms with Crippen molar-refractivity contribution in [2.45, 2.75) is 19.6 Å². The number of para-hydroxylation sites is 1. The predicted octanol–water partition coefficient (Wildman–Crippen LogP) is 11.7. The minimum absolute atomic E-state index is 0.556. The molecule has 8 rings (SSSR count). The molecule has 0 fully saturated rings. The van der Waals surface area contributed by atoms with E-state index in [1.807, 2.05) is 54.6 Å². The Morgan fingerprint density at radius 1 is 0.423 bits per heavy atom. The SMILES string of the molecule is C[Si](C)(C)c1ccccc1N(c1cccc(C#N)c1)c1ccc2ccc3c(N(c4cccc(C#N)c4)c4cccc(C#N)c4)ccc4ccc1c2c43. The number of hydrogen-bond donors (Lipinski definition) is 0. The largest absolute Gasteiger partial charge is 0.310 e. The van der Waals surface area contributed by atoms with Crippen molar-refractivity contribution in [3.8, 4) is 18.2 Å². The maximum absolute atomic E-state index is 9.92. The first-order chi connectivity index (χ1) is 25.3. The van der Waals surface area contributed by atoms with Crippen LogP contribution in [-0.4, -0.2) is 8.07 Å². The fourth-order valence-electron chi connectivity index (χ4n) is 7.44. The van der Waals surface area contributed by atoms with E-state index < -0.39 is 8.07 Å².